The van der Waals surface area contributed by atoms with Crippen molar-refractivity contribution < 1.29 is 31.5 Å². The summed E-state index contributed by atoms with van der Waals surface area (Å²) in [5.41, 5.74) is -1.57. The number of ether oxygens (including phenoxy) is 1. The molecule has 1 aromatic carbocycles. The van der Waals surface area contributed by atoms with Crippen LogP contribution in [-0.2, 0) is 4.74 Å². The van der Waals surface area contributed by atoms with Crippen molar-refractivity contribution >= 4 is 5.97 Å². The SMILES string of the molecule is CCCC(C)OC(=O)c1c(F)c(F)c(F)c(F)c1F. The first-order chi connectivity index (χ1) is 8.81. The van der Waals surface area contributed by atoms with Crippen molar-refractivity contribution in [3.63, 3.8) is 0 Å². The quantitative estimate of drug-likeness (QED) is 0.364. The number of hydrogen-bond acceptors (Lipinski definition) is 2. The van der Waals surface area contributed by atoms with Crippen LogP contribution in [0.1, 0.15) is 37.0 Å². The molecule has 0 fully saturated rings. The van der Waals surface area contributed by atoms with Gasteiger partial charge in [0.25, 0.3) is 0 Å². The van der Waals surface area contributed by atoms with E-state index in [9.17, 15) is 26.7 Å². The summed E-state index contributed by atoms with van der Waals surface area (Å²) >= 11 is 0. The van der Waals surface area contributed by atoms with Crippen LogP contribution in [0.15, 0.2) is 0 Å². The molecular formula is C12H11F5O2. The number of carbonyl (C=O) groups is 1. The summed E-state index contributed by atoms with van der Waals surface area (Å²) in [5, 5.41) is 0. The van der Waals surface area contributed by atoms with E-state index < -0.39 is 46.7 Å². The molecule has 1 unspecified atom stereocenters. The van der Waals surface area contributed by atoms with Crippen LogP contribution in [0.3, 0.4) is 0 Å². The standard InChI is InChI=1S/C12H11F5O2/c1-3-4-5(2)19-12(18)6-7(13)9(15)11(17)10(16)8(6)14/h5H,3-4H2,1-2H3. The molecule has 0 spiro atoms. The van der Waals surface area contributed by atoms with E-state index in [0.29, 0.717) is 12.8 Å². The van der Waals surface area contributed by atoms with Gasteiger partial charge in [-0.3, -0.25) is 0 Å². The summed E-state index contributed by atoms with van der Waals surface area (Å²) in [5.74, 6) is -12.6. The lowest BCUT2D eigenvalue weighted by molar-refractivity contribution is 0.0309. The molecular weight excluding hydrogens is 271 g/mol. The zero-order valence-corrected chi connectivity index (χ0v) is 10.2. The molecule has 1 aromatic rings. The highest BCUT2D eigenvalue weighted by molar-refractivity contribution is 5.90. The molecule has 0 aliphatic heterocycles. The van der Waals surface area contributed by atoms with Crippen molar-refractivity contribution in [2.75, 3.05) is 0 Å². The van der Waals surface area contributed by atoms with Gasteiger partial charge in [-0.1, -0.05) is 13.3 Å². The van der Waals surface area contributed by atoms with Crippen molar-refractivity contribution in [1.29, 1.82) is 0 Å². The minimum Gasteiger partial charge on any atom is -0.459 e. The molecule has 0 aliphatic carbocycles. The molecule has 1 rings (SSSR count). The minimum absolute atomic E-state index is 0.404. The van der Waals surface area contributed by atoms with Crippen molar-refractivity contribution in [2.24, 2.45) is 0 Å². The fraction of sp³-hybridized carbons (Fsp3) is 0.417. The Kier molecular flexibility index (Phi) is 4.85. The van der Waals surface area contributed by atoms with E-state index in [1.165, 1.54) is 6.92 Å². The monoisotopic (exact) mass is 282 g/mol. The predicted molar refractivity (Wildman–Crippen MR) is 56.0 cm³/mol. The topological polar surface area (TPSA) is 26.3 Å². The molecule has 2 nitrogen and oxygen atoms in total. The molecule has 19 heavy (non-hydrogen) atoms. The van der Waals surface area contributed by atoms with Gasteiger partial charge >= 0.3 is 5.97 Å². The predicted octanol–water partition coefficient (Wildman–Crippen LogP) is 3.73. The second-order valence-electron chi connectivity index (χ2n) is 3.95. The van der Waals surface area contributed by atoms with Crippen LogP contribution < -0.4 is 0 Å². The average Bonchev–Trinajstić information content (AvgIpc) is 2.34. The third kappa shape index (κ3) is 3.02. The lowest BCUT2D eigenvalue weighted by Crippen LogP contribution is -2.19. The molecule has 0 saturated carbocycles. The van der Waals surface area contributed by atoms with Crippen LogP contribution in [0.25, 0.3) is 0 Å². The molecule has 1 atom stereocenters. The third-order valence-electron chi connectivity index (χ3n) is 2.42. The Bertz CT molecular complexity index is 472. The second kappa shape index (κ2) is 5.99. The van der Waals surface area contributed by atoms with Gasteiger partial charge in [0.15, 0.2) is 23.3 Å². The molecule has 106 valence electrons. The Balaban J connectivity index is 3.17. The Morgan fingerprint density at radius 1 is 1.00 bits per heavy atom. The number of hydrogen-bond donors (Lipinski definition) is 0. The first kappa shape index (κ1) is 15.4. The van der Waals surface area contributed by atoms with Crippen molar-refractivity contribution in [3.05, 3.63) is 34.6 Å². The summed E-state index contributed by atoms with van der Waals surface area (Å²) < 4.78 is 69.7. The van der Waals surface area contributed by atoms with E-state index in [2.05, 4.69) is 4.74 Å². The average molecular weight is 282 g/mol. The second-order valence-corrected chi connectivity index (χ2v) is 3.95. The fourth-order valence-electron chi connectivity index (χ4n) is 1.49. The largest absolute Gasteiger partial charge is 0.459 e. The van der Waals surface area contributed by atoms with Crippen molar-refractivity contribution in [2.45, 2.75) is 32.8 Å². The van der Waals surface area contributed by atoms with Gasteiger partial charge in [0.05, 0.1) is 6.10 Å². The summed E-state index contributed by atoms with van der Waals surface area (Å²) in [4.78, 5) is 11.4. The van der Waals surface area contributed by atoms with Crippen LogP contribution in [-0.4, -0.2) is 12.1 Å². The Labute approximate surface area is 106 Å². The van der Waals surface area contributed by atoms with Crippen LogP contribution in [0, 0.1) is 29.1 Å². The number of carbonyl (C=O) groups excluding carboxylic acids is 1. The van der Waals surface area contributed by atoms with E-state index in [0.717, 1.165) is 0 Å². The van der Waals surface area contributed by atoms with Gasteiger partial charge < -0.3 is 4.74 Å². The van der Waals surface area contributed by atoms with Gasteiger partial charge in [-0.15, -0.1) is 0 Å². The van der Waals surface area contributed by atoms with E-state index in [-0.39, 0.29) is 0 Å². The summed E-state index contributed by atoms with van der Waals surface area (Å²) in [6, 6.07) is 0. The van der Waals surface area contributed by atoms with Gasteiger partial charge in [0.1, 0.15) is 5.56 Å². The van der Waals surface area contributed by atoms with Crippen LogP contribution in [0.2, 0.25) is 0 Å². The molecule has 0 aromatic heterocycles. The number of esters is 1. The maximum Gasteiger partial charge on any atom is 0.344 e. The van der Waals surface area contributed by atoms with E-state index in [1.54, 1.807) is 6.92 Å². The Morgan fingerprint density at radius 2 is 1.42 bits per heavy atom. The molecule has 7 heteroatoms. The fourth-order valence-corrected chi connectivity index (χ4v) is 1.49. The molecule has 0 bridgehead atoms. The molecule has 0 N–H and O–H groups in total. The summed E-state index contributed by atoms with van der Waals surface area (Å²) in [7, 11) is 0. The van der Waals surface area contributed by atoms with Gasteiger partial charge in [-0.2, -0.15) is 0 Å². The highest BCUT2D eigenvalue weighted by Gasteiger charge is 2.31. The zero-order chi connectivity index (χ0) is 14.7. The maximum atomic E-state index is 13.3. The van der Waals surface area contributed by atoms with Gasteiger partial charge in [-0.25, -0.2) is 26.7 Å². The molecule has 0 saturated heterocycles. The van der Waals surface area contributed by atoms with Gasteiger partial charge in [-0.05, 0) is 13.3 Å². The maximum absolute atomic E-state index is 13.3. The number of rotatable bonds is 4. The molecule has 0 aliphatic rings. The highest BCUT2D eigenvalue weighted by Crippen LogP contribution is 2.24. The molecule has 0 heterocycles. The smallest absolute Gasteiger partial charge is 0.344 e. The Hall–Kier alpha value is -1.66. The minimum atomic E-state index is -2.31. The highest BCUT2D eigenvalue weighted by atomic mass is 19.2. The van der Waals surface area contributed by atoms with Crippen LogP contribution in [0.5, 0.6) is 0 Å². The third-order valence-corrected chi connectivity index (χ3v) is 2.42. The van der Waals surface area contributed by atoms with Crippen LogP contribution >= 0.6 is 0 Å². The lowest BCUT2D eigenvalue weighted by atomic mass is 10.1. The number of halogens is 5. The van der Waals surface area contributed by atoms with Gasteiger partial charge in [0, 0.05) is 0 Å². The molecule has 0 radical (unpaired) electrons. The van der Waals surface area contributed by atoms with Crippen molar-refractivity contribution in [1.82, 2.24) is 0 Å². The van der Waals surface area contributed by atoms with Crippen molar-refractivity contribution in [3.8, 4) is 0 Å². The number of benzene rings is 1. The summed E-state index contributed by atoms with van der Waals surface area (Å²) in [6.07, 6.45) is 0.347. The Morgan fingerprint density at radius 3 is 1.84 bits per heavy atom. The zero-order valence-electron chi connectivity index (χ0n) is 10.2. The normalized spacial score (nSPS) is 12.4. The van der Waals surface area contributed by atoms with Gasteiger partial charge in [0.2, 0.25) is 5.82 Å². The van der Waals surface area contributed by atoms with E-state index in [4.69, 9.17) is 0 Å². The molecule has 0 amide bonds. The first-order valence-electron chi connectivity index (χ1n) is 5.53. The van der Waals surface area contributed by atoms with E-state index >= 15 is 0 Å². The van der Waals surface area contributed by atoms with Crippen LogP contribution in [0.4, 0.5) is 22.0 Å². The lowest BCUT2D eigenvalue weighted by Gasteiger charge is -2.13. The summed E-state index contributed by atoms with van der Waals surface area (Å²) in [6.45, 7) is 3.23. The first-order valence-corrected chi connectivity index (χ1v) is 5.53. The van der Waals surface area contributed by atoms with E-state index in [1.807, 2.05) is 0 Å².